The number of carbonyl (C=O) groups excluding carboxylic acids is 1. The number of pyridine rings is 1. The Morgan fingerprint density at radius 1 is 1.23 bits per heavy atom. The minimum absolute atomic E-state index is 0.0612. The van der Waals surface area contributed by atoms with Gasteiger partial charge in [0.2, 0.25) is 0 Å². The Bertz CT molecular complexity index is 911. The molecule has 0 spiro atoms. The molecule has 160 valence electrons. The summed E-state index contributed by atoms with van der Waals surface area (Å²) in [6.07, 6.45) is 2.73. The molecule has 0 atom stereocenters. The summed E-state index contributed by atoms with van der Waals surface area (Å²) in [7, 11) is 0. The Hall–Kier alpha value is -2.77. The molecule has 0 radical (unpaired) electrons. The molecule has 0 unspecified atom stereocenters. The van der Waals surface area contributed by atoms with Gasteiger partial charge in [0.15, 0.2) is 5.75 Å². The summed E-state index contributed by atoms with van der Waals surface area (Å²) < 4.78 is 11.2. The van der Waals surface area contributed by atoms with Gasteiger partial charge in [-0.1, -0.05) is 24.2 Å². The van der Waals surface area contributed by atoms with Crippen LogP contribution in [0.5, 0.6) is 11.5 Å². The number of benzene rings is 1. The molecule has 0 aliphatic carbocycles. The lowest BCUT2D eigenvalue weighted by molar-refractivity contribution is 0.108. The van der Waals surface area contributed by atoms with Crippen LogP contribution in [0.25, 0.3) is 5.70 Å². The van der Waals surface area contributed by atoms with Gasteiger partial charge < -0.3 is 20.1 Å². The molecule has 2 heterocycles. The zero-order valence-electron chi connectivity index (χ0n) is 17.3. The zero-order chi connectivity index (χ0) is 21.7. The second-order valence-corrected chi connectivity index (χ2v) is 7.90. The van der Waals surface area contributed by atoms with E-state index in [2.05, 4.69) is 16.5 Å². The van der Waals surface area contributed by atoms with Crippen molar-refractivity contribution < 1.29 is 14.3 Å². The highest BCUT2D eigenvalue weighted by atomic mass is 35.5. The molecule has 1 amide bonds. The number of nitrogens with two attached hydrogens (primary N) is 1. The fourth-order valence-electron chi connectivity index (χ4n) is 3.15. The standard InChI is InChI=1S/C22H27ClN4O3/c1-15(2)29-21-10-17(4-5-20(21)23)14-26-6-8-27(9-7-26)22(28)30-19-11-18(16(3)24)12-25-13-19/h4-5,10-13,15H,3,6-9,14,24H2,1-2H3. The van der Waals surface area contributed by atoms with Gasteiger partial charge in [0, 0.05) is 50.2 Å². The first-order valence-corrected chi connectivity index (χ1v) is 10.2. The predicted molar refractivity (Wildman–Crippen MR) is 118 cm³/mol. The van der Waals surface area contributed by atoms with E-state index < -0.39 is 6.09 Å². The second kappa shape index (κ2) is 9.82. The Morgan fingerprint density at radius 3 is 2.63 bits per heavy atom. The zero-order valence-corrected chi connectivity index (χ0v) is 18.1. The number of piperazine rings is 1. The first-order chi connectivity index (χ1) is 14.3. The van der Waals surface area contributed by atoms with Crippen LogP contribution in [-0.2, 0) is 6.54 Å². The van der Waals surface area contributed by atoms with Crippen LogP contribution in [0, 0.1) is 0 Å². The number of nitrogens with zero attached hydrogens (tertiary/aromatic N) is 3. The molecule has 1 fully saturated rings. The molecule has 3 rings (SSSR count). The SMILES string of the molecule is C=C(N)c1cncc(OC(=O)N2CCN(Cc3ccc(Cl)c(OC(C)C)c3)CC2)c1. The lowest BCUT2D eigenvalue weighted by atomic mass is 10.2. The molecule has 0 bridgehead atoms. The molecule has 2 aromatic rings. The van der Waals surface area contributed by atoms with Gasteiger partial charge in [0.05, 0.1) is 17.3 Å². The maximum Gasteiger partial charge on any atom is 0.415 e. The highest BCUT2D eigenvalue weighted by Crippen LogP contribution is 2.27. The molecule has 2 N–H and O–H groups in total. The fourth-order valence-corrected chi connectivity index (χ4v) is 3.31. The average molecular weight is 431 g/mol. The third-order valence-electron chi connectivity index (χ3n) is 4.68. The molecular weight excluding hydrogens is 404 g/mol. The molecule has 1 aliphatic rings. The quantitative estimate of drug-likeness (QED) is 0.751. The van der Waals surface area contributed by atoms with Gasteiger partial charge in [0.1, 0.15) is 5.75 Å². The van der Waals surface area contributed by atoms with Crippen molar-refractivity contribution in [3.8, 4) is 11.5 Å². The maximum atomic E-state index is 12.5. The summed E-state index contributed by atoms with van der Waals surface area (Å²) in [5.41, 5.74) is 7.80. The van der Waals surface area contributed by atoms with E-state index in [1.165, 1.54) is 6.20 Å². The highest BCUT2D eigenvalue weighted by Gasteiger charge is 2.23. The molecular formula is C22H27ClN4O3. The number of rotatable bonds is 6. The first kappa shape index (κ1) is 21.9. The van der Waals surface area contributed by atoms with Gasteiger partial charge in [-0.15, -0.1) is 0 Å². The van der Waals surface area contributed by atoms with Crippen LogP contribution in [0.15, 0.2) is 43.2 Å². The van der Waals surface area contributed by atoms with Gasteiger partial charge >= 0.3 is 6.09 Å². The number of halogens is 1. The van der Waals surface area contributed by atoms with E-state index in [0.29, 0.717) is 40.9 Å². The van der Waals surface area contributed by atoms with Gasteiger partial charge in [-0.3, -0.25) is 9.88 Å². The summed E-state index contributed by atoms with van der Waals surface area (Å²) in [4.78, 5) is 20.5. The normalized spacial score (nSPS) is 14.6. The Balaban J connectivity index is 1.53. The lowest BCUT2D eigenvalue weighted by Gasteiger charge is -2.34. The van der Waals surface area contributed by atoms with Crippen molar-refractivity contribution in [1.29, 1.82) is 0 Å². The largest absolute Gasteiger partial charge is 0.489 e. The van der Waals surface area contributed by atoms with Crippen LogP contribution in [-0.4, -0.2) is 53.2 Å². The molecule has 0 saturated carbocycles. The summed E-state index contributed by atoms with van der Waals surface area (Å²) >= 11 is 6.22. The number of hydrogen-bond acceptors (Lipinski definition) is 6. The van der Waals surface area contributed by atoms with Crippen LogP contribution in [0.2, 0.25) is 5.02 Å². The van der Waals surface area contributed by atoms with Crippen LogP contribution in [0.4, 0.5) is 4.79 Å². The summed E-state index contributed by atoms with van der Waals surface area (Å²) in [5.74, 6) is 1.05. The molecule has 1 aromatic carbocycles. The van der Waals surface area contributed by atoms with Crippen LogP contribution < -0.4 is 15.2 Å². The van der Waals surface area contributed by atoms with Crippen molar-refractivity contribution in [2.45, 2.75) is 26.5 Å². The Morgan fingerprint density at radius 2 is 1.97 bits per heavy atom. The molecule has 1 saturated heterocycles. The van der Waals surface area contributed by atoms with E-state index >= 15 is 0 Å². The van der Waals surface area contributed by atoms with Crippen molar-refractivity contribution in [3.05, 3.63) is 59.4 Å². The van der Waals surface area contributed by atoms with E-state index in [4.69, 9.17) is 26.8 Å². The van der Waals surface area contributed by atoms with E-state index in [-0.39, 0.29) is 6.10 Å². The minimum atomic E-state index is -0.393. The van der Waals surface area contributed by atoms with Crippen molar-refractivity contribution >= 4 is 23.4 Å². The lowest BCUT2D eigenvalue weighted by Crippen LogP contribution is -2.49. The second-order valence-electron chi connectivity index (χ2n) is 7.50. The Labute approximate surface area is 182 Å². The number of ether oxygens (including phenoxy) is 2. The van der Waals surface area contributed by atoms with Crippen LogP contribution >= 0.6 is 11.6 Å². The van der Waals surface area contributed by atoms with Gasteiger partial charge in [0.25, 0.3) is 0 Å². The van der Waals surface area contributed by atoms with Crippen LogP contribution in [0.1, 0.15) is 25.0 Å². The summed E-state index contributed by atoms with van der Waals surface area (Å²) in [5, 5.41) is 0.608. The monoisotopic (exact) mass is 430 g/mol. The van der Waals surface area contributed by atoms with Gasteiger partial charge in [-0.25, -0.2) is 4.79 Å². The van der Waals surface area contributed by atoms with Gasteiger partial charge in [-0.05, 0) is 37.6 Å². The van der Waals surface area contributed by atoms with E-state index in [0.717, 1.165) is 25.2 Å². The van der Waals surface area contributed by atoms with Crippen molar-refractivity contribution in [2.24, 2.45) is 5.73 Å². The van der Waals surface area contributed by atoms with Crippen molar-refractivity contribution in [3.63, 3.8) is 0 Å². The molecule has 30 heavy (non-hydrogen) atoms. The van der Waals surface area contributed by atoms with Crippen molar-refractivity contribution in [2.75, 3.05) is 26.2 Å². The average Bonchev–Trinajstić information content (AvgIpc) is 2.71. The van der Waals surface area contributed by atoms with E-state index in [1.54, 1.807) is 17.2 Å². The Kier molecular flexibility index (Phi) is 7.18. The smallest absolute Gasteiger partial charge is 0.415 e. The maximum absolute atomic E-state index is 12.5. The number of amides is 1. The van der Waals surface area contributed by atoms with Crippen LogP contribution in [0.3, 0.4) is 0 Å². The van der Waals surface area contributed by atoms with E-state index in [1.807, 2.05) is 32.0 Å². The molecule has 1 aliphatic heterocycles. The highest BCUT2D eigenvalue weighted by molar-refractivity contribution is 6.32. The molecule has 7 nitrogen and oxygen atoms in total. The number of aromatic nitrogens is 1. The third kappa shape index (κ3) is 5.87. The number of hydrogen-bond donors (Lipinski definition) is 1. The molecule has 1 aromatic heterocycles. The van der Waals surface area contributed by atoms with E-state index in [9.17, 15) is 4.79 Å². The first-order valence-electron chi connectivity index (χ1n) is 9.86. The van der Waals surface area contributed by atoms with Gasteiger partial charge in [-0.2, -0.15) is 0 Å². The van der Waals surface area contributed by atoms with Crippen molar-refractivity contribution in [1.82, 2.24) is 14.8 Å². The summed E-state index contributed by atoms with van der Waals surface area (Å²) in [6.45, 7) is 11.0. The summed E-state index contributed by atoms with van der Waals surface area (Å²) in [6, 6.07) is 7.50. The minimum Gasteiger partial charge on any atom is -0.489 e. The predicted octanol–water partition coefficient (Wildman–Crippen LogP) is 3.77. The topological polar surface area (TPSA) is 80.9 Å². The fraction of sp³-hybridized carbons (Fsp3) is 0.364. The third-order valence-corrected chi connectivity index (χ3v) is 5.00. The molecule has 8 heteroatoms. The number of carbonyl (C=O) groups is 1.